The molecule has 0 aliphatic carbocycles. The second-order valence-corrected chi connectivity index (χ2v) is 5.39. The van der Waals surface area contributed by atoms with E-state index >= 15 is 0 Å². The zero-order valence-corrected chi connectivity index (χ0v) is 13.2. The van der Waals surface area contributed by atoms with Crippen LogP contribution in [0.25, 0.3) is 0 Å². The minimum absolute atomic E-state index is 0.0177. The lowest BCUT2D eigenvalue weighted by atomic mass is 9.74. The van der Waals surface area contributed by atoms with Gasteiger partial charge in [-0.25, -0.2) is 4.79 Å². The number of halogens is 3. The van der Waals surface area contributed by atoms with E-state index in [4.69, 9.17) is 0 Å². The molecule has 0 bridgehead atoms. The van der Waals surface area contributed by atoms with Crippen molar-refractivity contribution in [1.82, 2.24) is 15.5 Å². The molecule has 2 rings (SSSR count). The number of hydrogen-bond acceptors (Lipinski definition) is 3. The summed E-state index contributed by atoms with van der Waals surface area (Å²) in [5.74, 6) is -2.68. The molecule has 0 saturated heterocycles. The lowest BCUT2D eigenvalue weighted by Crippen LogP contribution is -2.53. The average molecular weight is 355 g/mol. The van der Waals surface area contributed by atoms with E-state index in [1.165, 1.54) is 30.5 Å². The number of hydrogen-bond donors (Lipinski definition) is 3. The van der Waals surface area contributed by atoms with Gasteiger partial charge in [-0.1, -0.05) is 25.1 Å². The highest BCUT2D eigenvalue weighted by Gasteiger charge is 2.51. The fraction of sp³-hybridized carbons (Fsp3) is 0.312. The summed E-state index contributed by atoms with van der Waals surface area (Å²) in [5, 5.41) is 18.2. The van der Waals surface area contributed by atoms with E-state index in [-0.39, 0.29) is 24.1 Å². The van der Waals surface area contributed by atoms with Crippen molar-refractivity contribution in [3.05, 3.63) is 53.3 Å². The molecule has 25 heavy (non-hydrogen) atoms. The zero-order valence-electron chi connectivity index (χ0n) is 13.2. The van der Waals surface area contributed by atoms with Crippen molar-refractivity contribution in [2.24, 2.45) is 0 Å². The number of H-pyrrole nitrogens is 1. The Morgan fingerprint density at radius 3 is 2.52 bits per heavy atom. The van der Waals surface area contributed by atoms with Gasteiger partial charge in [0, 0.05) is 12.1 Å². The zero-order chi connectivity index (χ0) is 18.7. The number of carboxylic acid groups (broad SMARTS) is 1. The van der Waals surface area contributed by atoms with Crippen LogP contribution in [0, 0.1) is 0 Å². The van der Waals surface area contributed by atoms with Crippen molar-refractivity contribution in [2.45, 2.75) is 31.0 Å². The lowest BCUT2D eigenvalue weighted by molar-refractivity contribution is -0.149. The van der Waals surface area contributed by atoms with Crippen LogP contribution in [-0.4, -0.2) is 27.7 Å². The van der Waals surface area contributed by atoms with E-state index in [0.29, 0.717) is 0 Å². The summed E-state index contributed by atoms with van der Waals surface area (Å²) in [6.45, 7) is 1.55. The van der Waals surface area contributed by atoms with Gasteiger partial charge in [-0.05, 0) is 24.1 Å². The molecule has 2 aromatic rings. The molecule has 134 valence electrons. The Morgan fingerprint density at radius 2 is 2.04 bits per heavy atom. The van der Waals surface area contributed by atoms with Gasteiger partial charge in [-0.2, -0.15) is 18.3 Å². The summed E-state index contributed by atoms with van der Waals surface area (Å²) in [6.07, 6.45) is -3.21. The minimum atomic E-state index is -4.66. The van der Waals surface area contributed by atoms with Gasteiger partial charge in [-0.15, -0.1) is 0 Å². The van der Waals surface area contributed by atoms with Gasteiger partial charge in [0.25, 0.3) is 0 Å². The Bertz CT molecular complexity index is 747. The molecule has 0 spiro atoms. The molecule has 3 N–H and O–H groups in total. The van der Waals surface area contributed by atoms with Crippen LogP contribution < -0.4 is 5.32 Å². The summed E-state index contributed by atoms with van der Waals surface area (Å²) in [5.41, 5.74) is -3.30. The lowest BCUT2D eigenvalue weighted by Gasteiger charge is -2.36. The smallest absolute Gasteiger partial charge is 0.416 e. The molecule has 1 aromatic heterocycles. The standard InChI is InChI=1S/C16H16F3N3O3/c1-2-11(10-5-3-4-6-12(10)16(17,18)19)15(14(24)25,20-9-23)13-7-8-21-22-13/h3-9,11H,2H2,1H3,(H,20,23)(H,21,22)(H,24,25). The SMILES string of the molecule is CCC(c1ccccc1C(F)(F)F)C(NC=O)(C(=O)O)c1ccn[nH]1. The van der Waals surface area contributed by atoms with Crippen molar-refractivity contribution >= 4 is 12.4 Å². The fourth-order valence-corrected chi connectivity index (χ4v) is 3.08. The molecule has 0 fully saturated rings. The first-order chi connectivity index (χ1) is 11.8. The Balaban J connectivity index is 2.76. The second-order valence-electron chi connectivity index (χ2n) is 5.39. The van der Waals surface area contributed by atoms with Crippen LogP contribution in [0.1, 0.15) is 36.1 Å². The van der Waals surface area contributed by atoms with E-state index < -0.39 is 29.2 Å². The average Bonchev–Trinajstić information content (AvgIpc) is 3.08. The van der Waals surface area contributed by atoms with Crippen molar-refractivity contribution < 1.29 is 27.9 Å². The van der Waals surface area contributed by atoms with Crippen LogP contribution in [0.4, 0.5) is 13.2 Å². The van der Waals surface area contributed by atoms with Gasteiger partial charge in [0.2, 0.25) is 6.41 Å². The molecular weight excluding hydrogens is 339 g/mol. The topological polar surface area (TPSA) is 95.1 Å². The summed E-state index contributed by atoms with van der Waals surface area (Å²) in [6, 6.07) is 6.04. The number of amides is 1. The van der Waals surface area contributed by atoms with Crippen molar-refractivity contribution in [3.63, 3.8) is 0 Å². The van der Waals surface area contributed by atoms with Crippen LogP contribution in [0.3, 0.4) is 0 Å². The first-order valence-corrected chi connectivity index (χ1v) is 7.39. The van der Waals surface area contributed by atoms with Gasteiger partial charge in [-0.3, -0.25) is 9.89 Å². The van der Waals surface area contributed by atoms with Crippen molar-refractivity contribution in [3.8, 4) is 0 Å². The van der Waals surface area contributed by atoms with E-state index in [1.54, 1.807) is 6.92 Å². The minimum Gasteiger partial charge on any atom is -0.479 e. The third-order valence-corrected chi connectivity index (χ3v) is 4.12. The highest BCUT2D eigenvalue weighted by Crippen LogP contribution is 2.44. The summed E-state index contributed by atoms with van der Waals surface area (Å²) >= 11 is 0. The van der Waals surface area contributed by atoms with Gasteiger partial charge >= 0.3 is 12.1 Å². The molecular formula is C16H16F3N3O3. The predicted molar refractivity (Wildman–Crippen MR) is 81.6 cm³/mol. The normalized spacial score (nSPS) is 15.2. The highest BCUT2D eigenvalue weighted by atomic mass is 19.4. The molecule has 1 aromatic carbocycles. The first kappa shape index (κ1) is 18.5. The predicted octanol–water partition coefficient (Wildman–Crippen LogP) is 2.65. The number of carbonyl (C=O) groups is 2. The first-order valence-electron chi connectivity index (χ1n) is 7.39. The second kappa shape index (κ2) is 6.96. The number of benzene rings is 1. The largest absolute Gasteiger partial charge is 0.479 e. The van der Waals surface area contributed by atoms with Crippen LogP contribution in [0.5, 0.6) is 0 Å². The maximum absolute atomic E-state index is 13.4. The van der Waals surface area contributed by atoms with E-state index in [2.05, 4.69) is 15.5 Å². The van der Waals surface area contributed by atoms with E-state index in [0.717, 1.165) is 6.07 Å². The summed E-state index contributed by atoms with van der Waals surface area (Å²) < 4.78 is 40.2. The molecule has 9 heteroatoms. The number of alkyl halides is 3. The molecule has 6 nitrogen and oxygen atoms in total. The molecule has 0 aliphatic heterocycles. The van der Waals surface area contributed by atoms with Crippen molar-refractivity contribution in [2.75, 3.05) is 0 Å². The number of aromatic nitrogens is 2. The van der Waals surface area contributed by atoms with Crippen LogP contribution in [0.2, 0.25) is 0 Å². The van der Waals surface area contributed by atoms with Crippen molar-refractivity contribution in [1.29, 1.82) is 0 Å². The van der Waals surface area contributed by atoms with E-state index in [9.17, 15) is 27.9 Å². The van der Waals surface area contributed by atoms with Gasteiger partial charge in [0.1, 0.15) is 0 Å². The Labute approximate surface area is 141 Å². The number of carbonyl (C=O) groups excluding carboxylic acids is 1. The molecule has 2 unspecified atom stereocenters. The van der Waals surface area contributed by atoms with E-state index in [1.807, 2.05) is 0 Å². The Hall–Kier alpha value is -2.84. The Morgan fingerprint density at radius 1 is 1.36 bits per heavy atom. The van der Waals surface area contributed by atoms with Gasteiger partial charge in [0.05, 0.1) is 11.3 Å². The number of nitrogens with one attached hydrogen (secondary N) is 2. The highest BCUT2D eigenvalue weighted by molar-refractivity contribution is 5.84. The fourth-order valence-electron chi connectivity index (χ4n) is 3.08. The number of aromatic amines is 1. The summed E-state index contributed by atoms with van der Waals surface area (Å²) in [4.78, 5) is 23.2. The van der Waals surface area contributed by atoms with Crippen LogP contribution in [0.15, 0.2) is 36.5 Å². The van der Waals surface area contributed by atoms with Gasteiger partial charge in [0.15, 0.2) is 5.54 Å². The van der Waals surface area contributed by atoms with Gasteiger partial charge < -0.3 is 10.4 Å². The Kier molecular flexibility index (Phi) is 5.15. The van der Waals surface area contributed by atoms with Crippen LogP contribution in [-0.2, 0) is 21.3 Å². The van der Waals surface area contributed by atoms with Crippen LogP contribution >= 0.6 is 0 Å². The molecule has 2 atom stereocenters. The quantitative estimate of drug-likeness (QED) is 0.666. The third kappa shape index (κ3) is 3.21. The molecule has 0 radical (unpaired) electrons. The number of aliphatic carboxylic acids is 1. The number of rotatable bonds is 7. The maximum Gasteiger partial charge on any atom is 0.416 e. The molecule has 1 amide bonds. The third-order valence-electron chi connectivity index (χ3n) is 4.12. The summed E-state index contributed by atoms with van der Waals surface area (Å²) in [7, 11) is 0. The number of nitrogens with zero attached hydrogens (tertiary/aromatic N) is 1. The number of carboxylic acids is 1. The monoisotopic (exact) mass is 355 g/mol. The molecule has 0 aliphatic rings. The molecule has 0 saturated carbocycles. The molecule has 1 heterocycles. The maximum atomic E-state index is 13.4.